The van der Waals surface area contributed by atoms with Crippen LogP contribution >= 0.6 is 22.9 Å². The fourth-order valence-corrected chi connectivity index (χ4v) is 2.69. The summed E-state index contributed by atoms with van der Waals surface area (Å²) in [6, 6.07) is 11.5. The first kappa shape index (κ1) is 14.8. The molecule has 3 N–H and O–H groups in total. The van der Waals surface area contributed by atoms with E-state index in [9.17, 15) is 4.79 Å². The van der Waals surface area contributed by atoms with Gasteiger partial charge in [0.15, 0.2) is 6.61 Å². The van der Waals surface area contributed by atoms with Gasteiger partial charge < -0.3 is 15.8 Å². The summed E-state index contributed by atoms with van der Waals surface area (Å²) in [6.07, 6.45) is 0. The Balaban J connectivity index is 1.77. The Hall–Kier alpha value is -1.56. The molecule has 0 aliphatic rings. The molecule has 0 radical (unpaired) electrons. The lowest BCUT2D eigenvalue weighted by Crippen LogP contribution is -2.20. The van der Waals surface area contributed by atoms with E-state index in [1.165, 1.54) is 4.88 Å². The quantitative estimate of drug-likeness (QED) is 0.826. The Labute approximate surface area is 126 Å². The first-order chi connectivity index (χ1) is 9.63. The molecule has 0 bridgehead atoms. The van der Waals surface area contributed by atoms with Crippen LogP contribution in [0.1, 0.15) is 10.4 Å². The number of halogens is 1. The second kappa shape index (κ2) is 7.28. The highest BCUT2D eigenvalue weighted by molar-refractivity contribution is 7.16. The number of rotatable bonds is 7. The monoisotopic (exact) mass is 310 g/mol. The van der Waals surface area contributed by atoms with Crippen molar-refractivity contribution in [1.29, 1.82) is 0 Å². The molecule has 0 saturated heterocycles. The smallest absolute Gasteiger partial charge is 0.255 e. The molecule has 2 rings (SSSR count). The Morgan fingerprint density at radius 1 is 1.20 bits per heavy atom. The summed E-state index contributed by atoms with van der Waals surface area (Å²) in [7, 11) is 0. The summed E-state index contributed by atoms with van der Waals surface area (Å²) >= 11 is 7.44. The lowest BCUT2D eigenvalue weighted by molar-refractivity contribution is -0.119. The number of carbonyl (C=O) groups is 1. The molecule has 0 aliphatic carbocycles. The largest absolute Gasteiger partial charge is 0.484 e. The number of hydrogen-bond donors (Lipinski definition) is 2. The molecular formula is C14H15ClN2O2S. The van der Waals surface area contributed by atoms with Crippen LogP contribution in [0.15, 0.2) is 36.4 Å². The Morgan fingerprint density at radius 3 is 2.55 bits per heavy atom. The van der Waals surface area contributed by atoms with E-state index in [0.717, 1.165) is 23.0 Å². The highest BCUT2D eigenvalue weighted by atomic mass is 35.5. The first-order valence-corrected chi connectivity index (χ1v) is 7.28. The van der Waals surface area contributed by atoms with Gasteiger partial charge in [-0.1, -0.05) is 23.7 Å². The van der Waals surface area contributed by atoms with Gasteiger partial charge in [0.2, 0.25) is 0 Å². The molecule has 0 atom stereocenters. The van der Waals surface area contributed by atoms with Gasteiger partial charge in [-0.2, -0.15) is 0 Å². The molecule has 0 saturated carbocycles. The predicted molar refractivity (Wildman–Crippen MR) is 81.0 cm³/mol. The van der Waals surface area contributed by atoms with E-state index >= 15 is 0 Å². The number of primary amides is 1. The summed E-state index contributed by atoms with van der Waals surface area (Å²) in [5.41, 5.74) is 6.15. The minimum atomic E-state index is -0.481. The van der Waals surface area contributed by atoms with Crippen molar-refractivity contribution in [2.24, 2.45) is 5.73 Å². The van der Waals surface area contributed by atoms with Gasteiger partial charge in [0, 0.05) is 18.0 Å². The third-order valence-corrected chi connectivity index (χ3v) is 3.79. The van der Waals surface area contributed by atoms with Crippen LogP contribution in [-0.4, -0.2) is 12.5 Å². The van der Waals surface area contributed by atoms with Crippen LogP contribution in [-0.2, 0) is 17.9 Å². The third kappa shape index (κ3) is 4.85. The molecule has 106 valence electrons. The molecule has 0 aliphatic heterocycles. The zero-order valence-corrected chi connectivity index (χ0v) is 12.3. The van der Waals surface area contributed by atoms with Gasteiger partial charge >= 0.3 is 0 Å². The van der Waals surface area contributed by atoms with Crippen LogP contribution in [0.3, 0.4) is 0 Å². The molecule has 2 aromatic rings. The van der Waals surface area contributed by atoms with Gasteiger partial charge in [-0.05, 0) is 29.8 Å². The normalized spacial score (nSPS) is 10.4. The number of amides is 1. The number of benzene rings is 1. The predicted octanol–water partition coefficient (Wildman–Crippen LogP) is 2.56. The number of nitrogens with one attached hydrogen (secondary N) is 1. The molecule has 1 aromatic heterocycles. The summed E-state index contributed by atoms with van der Waals surface area (Å²) in [4.78, 5) is 11.8. The zero-order chi connectivity index (χ0) is 14.4. The van der Waals surface area contributed by atoms with Crippen molar-refractivity contribution >= 4 is 28.8 Å². The van der Waals surface area contributed by atoms with Gasteiger partial charge in [0.1, 0.15) is 5.75 Å². The van der Waals surface area contributed by atoms with Gasteiger partial charge in [0.25, 0.3) is 5.91 Å². The lowest BCUT2D eigenvalue weighted by Gasteiger charge is -2.06. The molecule has 1 heterocycles. The van der Waals surface area contributed by atoms with Gasteiger partial charge in [-0.3, -0.25) is 4.79 Å². The van der Waals surface area contributed by atoms with Crippen molar-refractivity contribution in [2.75, 3.05) is 6.61 Å². The van der Waals surface area contributed by atoms with Crippen LogP contribution in [0, 0.1) is 0 Å². The van der Waals surface area contributed by atoms with Gasteiger partial charge in [-0.15, -0.1) is 11.3 Å². The van der Waals surface area contributed by atoms with Crippen molar-refractivity contribution in [3.8, 4) is 5.75 Å². The number of ether oxygens (including phenoxy) is 1. The molecule has 4 nitrogen and oxygen atoms in total. The summed E-state index contributed by atoms with van der Waals surface area (Å²) in [6.45, 7) is 1.44. The van der Waals surface area contributed by atoms with E-state index in [1.54, 1.807) is 11.3 Å². The second-order valence-corrected chi connectivity index (χ2v) is 6.01. The van der Waals surface area contributed by atoms with E-state index < -0.39 is 5.91 Å². The molecule has 0 spiro atoms. The molecular weight excluding hydrogens is 296 g/mol. The van der Waals surface area contributed by atoms with Crippen LogP contribution < -0.4 is 15.8 Å². The molecule has 1 amide bonds. The summed E-state index contributed by atoms with van der Waals surface area (Å²) < 4.78 is 5.99. The van der Waals surface area contributed by atoms with E-state index in [1.807, 2.05) is 36.4 Å². The minimum absolute atomic E-state index is 0.100. The van der Waals surface area contributed by atoms with Crippen molar-refractivity contribution in [3.05, 3.63) is 51.2 Å². The Bertz CT molecular complexity index is 569. The Morgan fingerprint density at radius 2 is 1.95 bits per heavy atom. The fourth-order valence-electron chi connectivity index (χ4n) is 1.63. The van der Waals surface area contributed by atoms with Gasteiger partial charge in [0.05, 0.1) is 4.34 Å². The number of hydrogen-bond acceptors (Lipinski definition) is 4. The topological polar surface area (TPSA) is 64.4 Å². The van der Waals surface area contributed by atoms with Crippen molar-refractivity contribution in [1.82, 2.24) is 5.32 Å². The van der Waals surface area contributed by atoms with Crippen LogP contribution in [0.25, 0.3) is 0 Å². The number of carbonyl (C=O) groups excluding carboxylic acids is 1. The minimum Gasteiger partial charge on any atom is -0.484 e. The average molecular weight is 311 g/mol. The molecule has 0 unspecified atom stereocenters. The third-order valence-electron chi connectivity index (χ3n) is 2.56. The maximum Gasteiger partial charge on any atom is 0.255 e. The van der Waals surface area contributed by atoms with E-state index in [0.29, 0.717) is 5.75 Å². The lowest BCUT2D eigenvalue weighted by atomic mass is 10.2. The average Bonchev–Trinajstić information content (AvgIpc) is 2.83. The SMILES string of the molecule is NC(=O)COc1ccc(CNCc2ccc(Cl)s2)cc1. The first-order valence-electron chi connectivity index (χ1n) is 6.08. The molecule has 20 heavy (non-hydrogen) atoms. The highest BCUT2D eigenvalue weighted by Gasteiger charge is 2.00. The standard InChI is InChI=1S/C14H15ClN2O2S/c15-13-6-5-12(20-13)8-17-7-10-1-3-11(4-2-10)19-9-14(16)18/h1-6,17H,7-9H2,(H2,16,18). The van der Waals surface area contributed by atoms with Crippen LogP contribution in [0.4, 0.5) is 0 Å². The highest BCUT2D eigenvalue weighted by Crippen LogP contribution is 2.21. The molecule has 6 heteroatoms. The van der Waals surface area contributed by atoms with Crippen molar-refractivity contribution < 1.29 is 9.53 Å². The van der Waals surface area contributed by atoms with E-state index in [2.05, 4.69) is 5.32 Å². The maximum atomic E-state index is 10.6. The Kier molecular flexibility index (Phi) is 5.40. The number of thiophene rings is 1. The zero-order valence-electron chi connectivity index (χ0n) is 10.8. The summed E-state index contributed by atoms with van der Waals surface area (Å²) in [5, 5.41) is 3.34. The van der Waals surface area contributed by atoms with Crippen molar-refractivity contribution in [3.63, 3.8) is 0 Å². The molecule has 1 aromatic carbocycles. The van der Waals surface area contributed by atoms with Crippen molar-refractivity contribution in [2.45, 2.75) is 13.1 Å². The van der Waals surface area contributed by atoms with Crippen LogP contribution in [0.2, 0.25) is 4.34 Å². The fraction of sp³-hybridized carbons (Fsp3) is 0.214. The maximum absolute atomic E-state index is 10.6. The van der Waals surface area contributed by atoms with E-state index in [4.69, 9.17) is 22.1 Å². The van der Waals surface area contributed by atoms with Gasteiger partial charge in [-0.25, -0.2) is 0 Å². The molecule has 0 fully saturated rings. The van der Waals surface area contributed by atoms with Crippen LogP contribution in [0.5, 0.6) is 5.75 Å². The summed E-state index contributed by atoms with van der Waals surface area (Å²) in [5.74, 6) is 0.156. The second-order valence-electron chi connectivity index (χ2n) is 4.21. The van der Waals surface area contributed by atoms with E-state index in [-0.39, 0.29) is 6.61 Å². The number of nitrogens with two attached hydrogens (primary N) is 1.